The second-order valence-corrected chi connectivity index (χ2v) is 5.33. The number of amides is 1. The van der Waals surface area contributed by atoms with E-state index < -0.39 is 34.4 Å². The van der Waals surface area contributed by atoms with Gasteiger partial charge in [0, 0.05) is 25.7 Å². The van der Waals surface area contributed by atoms with Gasteiger partial charge in [0.2, 0.25) is 0 Å². The van der Waals surface area contributed by atoms with E-state index in [1.807, 2.05) is 0 Å². The number of halogens is 7. The smallest absolute Gasteiger partial charge is 0.335 e. The molecular formula is C11H13Cl2F5N4O. The first-order valence-electron chi connectivity index (χ1n) is 6.26. The van der Waals surface area contributed by atoms with E-state index in [4.69, 9.17) is 17.3 Å². The molecule has 1 saturated heterocycles. The van der Waals surface area contributed by atoms with E-state index in [2.05, 4.69) is 5.10 Å². The zero-order chi connectivity index (χ0) is 16.9. The normalized spacial score (nSPS) is 16.1. The van der Waals surface area contributed by atoms with Crippen LogP contribution in [0.5, 0.6) is 0 Å². The molecule has 1 fully saturated rings. The van der Waals surface area contributed by atoms with E-state index in [1.54, 1.807) is 0 Å². The highest BCUT2D eigenvalue weighted by Gasteiger charge is 2.49. The number of rotatable bonds is 3. The molecule has 0 unspecified atom stereocenters. The van der Waals surface area contributed by atoms with Crippen LogP contribution in [0.4, 0.5) is 22.0 Å². The number of carbonyl (C=O) groups is 1. The van der Waals surface area contributed by atoms with Crippen molar-refractivity contribution in [3.63, 3.8) is 0 Å². The highest BCUT2D eigenvalue weighted by atomic mass is 35.5. The highest BCUT2D eigenvalue weighted by molar-refractivity contribution is 6.22. The Balaban J connectivity index is 0.00000264. The van der Waals surface area contributed by atoms with E-state index in [0.717, 1.165) is 4.90 Å². The van der Waals surface area contributed by atoms with Crippen molar-refractivity contribution in [2.75, 3.05) is 13.1 Å². The van der Waals surface area contributed by atoms with Crippen molar-refractivity contribution in [3.05, 3.63) is 17.0 Å². The molecule has 0 aromatic carbocycles. The Morgan fingerprint density at radius 1 is 1.35 bits per heavy atom. The first-order chi connectivity index (χ1) is 9.96. The molecule has 0 atom stereocenters. The highest BCUT2D eigenvalue weighted by Crippen LogP contribution is 2.41. The number of nitrogens with two attached hydrogens (primary N) is 1. The Labute approximate surface area is 138 Å². The van der Waals surface area contributed by atoms with Crippen LogP contribution in [0.1, 0.15) is 28.7 Å². The molecule has 0 bridgehead atoms. The zero-order valence-corrected chi connectivity index (χ0v) is 13.3. The van der Waals surface area contributed by atoms with E-state index in [-0.39, 0.29) is 38.1 Å². The molecule has 0 spiro atoms. The fraction of sp³-hybridized carbons (Fsp3) is 0.636. The van der Waals surface area contributed by atoms with Gasteiger partial charge in [0.15, 0.2) is 5.69 Å². The number of likely N-dealkylation sites (tertiary alicyclic amines) is 1. The van der Waals surface area contributed by atoms with Crippen LogP contribution >= 0.6 is 24.0 Å². The van der Waals surface area contributed by atoms with E-state index in [0.29, 0.717) is 4.68 Å². The van der Waals surface area contributed by atoms with Gasteiger partial charge in [-0.2, -0.15) is 27.1 Å². The number of carbonyl (C=O) groups excluding carboxylic acids is 1. The molecular weight excluding hydrogens is 370 g/mol. The van der Waals surface area contributed by atoms with Gasteiger partial charge in [-0.1, -0.05) is 0 Å². The number of aryl methyl sites for hydroxylation is 1. The molecule has 2 N–H and O–H groups in total. The third kappa shape index (κ3) is 3.69. The van der Waals surface area contributed by atoms with Crippen molar-refractivity contribution >= 4 is 29.9 Å². The lowest BCUT2D eigenvalue weighted by Gasteiger charge is -2.37. The van der Waals surface area contributed by atoms with E-state index in [9.17, 15) is 26.7 Å². The van der Waals surface area contributed by atoms with Crippen molar-refractivity contribution in [3.8, 4) is 0 Å². The van der Waals surface area contributed by atoms with Crippen LogP contribution in [0.2, 0.25) is 0 Å². The predicted octanol–water partition coefficient (Wildman–Crippen LogP) is 2.41. The van der Waals surface area contributed by atoms with Gasteiger partial charge in [-0.25, -0.2) is 0 Å². The molecule has 1 amide bonds. The van der Waals surface area contributed by atoms with Crippen LogP contribution in [-0.2, 0) is 18.1 Å². The van der Waals surface area contributed by atoms with Crippen LogP contribution in [0.3, 0.4) is 0 Å². The van der Waals surface area contributed by atoms with Crippen LogP contribution in [0.25, 0.3) is 0 Å². The Morgan fingerprint density at radius 3 is 2.22 bits per heavy atom. The minimum Gasteiger partial charge on any atom is -0.335 e. The van der Waals surface area contributed by atoms with Crippen LogP contribution in [0, 0.1) is 0 Å². The van der Waals surface area contributed by atoms with Crippen molar-refractivity contribution in [2.24, 2.45) is 5.73 Å². The molecule has 1 aromatic heterocycles. The molecule has 23 heavy (non-hydrogen) atoms. The number of hydrogen-bond acceptors (Lipinski definition) is 3. The van der Waals surface area contributed by atoms with Gasteiger partial charge in [0.25, 0.3) is 5.91 Å². The molecule has 12 heteroatoms. The lowest BCUT2D eigenvalue weighted by molar-refractivity contribution is -0.141. The Bertz CT molecular complexity index is 592. The lowest BCUT2D eigenvalue weighted by Crippen LogP contribution is -2.58. The van der Waals surface area contributed by atoms with Gasteiger partial charge in [-0.05, 0) is 18.5 Å². The minimum absolute atomic E-state index is 0. The summed E-state index contributed by atoms with van der Waals surface area (Å²) in [4.78, 5) is 13.1. The standard InChI is InChI=1S/C11H12ClF5N4O.ClH/c1-2-21-8(10(12,13)14)6(7(19-21)11(15,16)17)9(22)20-3-5(18)4-20;/h5H,2-4,18H2,1H3;1H. The topological polar surface area (TPSA) is 64.2 Å². The largest absolute Gasteiger partial charge is 0.435 e. The number of hydrogen-bond donors (Lipinski definition) is 1. The maximum Gasteiger partial charge on any atom is 0.435 e. The molecule has 132 valence electrons. The summed E-state index contributed by atoms with van der Waals surface area (Å²) in [5, 5.41) is -1.07. The average Bonchev–Trinajstić information content (AvgIpc) is 2.73. The number of alkyl halides is 6. The van der Waals surface area contributed by atoms with Crippen molar-refractivity contribution in [1.82, 2.24) is 14.7 Å². The molecule has 0 aliphatic carbocycles. The first kappa shape index (κ1) is 19.9. The predicted molar refractivity (Wildman–Crippen MR) is 73.8 cm³/mol. The zero-order valence-electron chi connectivity index (χ0n) is 11.7. The van der Waals surface area contributed by atoms with Crippen molar-refractivity contribution in [2.45, 2.75) is 31.1 Å². The Kier molecular flexibility index (Phi) is 5.55. The summed E-state index contributed by atoms with van der Waals surface area (Å²) in [7, 11) is 0. The molecule has 1 aliphatic rings. The third-order valence-electron chi connectivity index (χ3n) is 3.20. The molecule has 1 aliphatic heterocycles. The van der Waals surface area contributed by atoms with Gasteiger partial charge >= 0.3 is 11.6 Å². The monoisotopic (exact) mass is 382 g/mol. The van der Waals surface area contributed by atoms with Crippen LogP contribution in [-0.4, -0.2) is 39.7 Å². The fourth-order valence-electron chi connectivity index (χ4n) is 2.22. The Morgan fingerprint density at radius 2 is 1.87 bits per heavy atom. The van der Waals surface area contributed by atoms with Gasteiger partial charge in [0.1, 0.15) is 11.3 Å². The summed E-state index contributed by atoms with van der Waals surface area (Å²) in [5.74, 6) is -1.20. The summed E-state index contributed by atoms with van der Waals surface area (Å²) >= 11 is 4.89. The molecule has 1 aromatic rings. The summed E-state index contributed by atoms with van der Waals surface area (Å²) in [5.41, 5.74) is 1.31. The molecule has 2 rings (SSSR count). The van der Waals surface area contributed by atoms with Crippen LogP contribution < -0.4 is 5.73 Å². The second kappa shape index (κ2) is 6.40. The summed E-state index contributed by atoms with van der Waals surface area (Å²) < 4.78 is 66.5. The minimum atomic E-state index is -5.06. The number of aromatic nitrogens is 2. The Hall–Kier alpha value is -1.13. The first-order valence-corrected chi connectivity index (χ1v) is 6.64. The maximum atomic E-state index is 13.5. The summed E-state index contributed by atoms with van der Waals surface area (Å²) in [6.45, 7) is 0.988. The molecule has 0 radical (unpaired) electrons. The van der Waals surface area contributed by atoms with Gasteiger partial charge in [-0.15, -0.1) is 12.4 Å². The average molecular weight is 383 g/mol. The van der Waals surface area contributed by atoms with E-state index in [1.165, 1.54) is 6.92 Å². The molecule has 5 nitrogen and oxygen atoms in total. The van der Waals surface area contributed by atoms with Gasteiger partial charge < -0.3 is 10.6 Å². The van der Waals surface area contributed by atoms with Crippen molar-refractivity contribution in [1.29, 1.82) is 0 Å². The van der Waals surface area contributed by atoms with Crippen LogP contribution in [0.15, 0.2) is 0 Å². The van der Waals surface area contributed by atoms with E-state index >= 15 is 0 Å². The van der Waals surface area contributed by atoms with Crippen molar-refractivity contribution < 1.29 is 26.7 Å². The molecule has 2 heterocycles. The quantitative estimate of drug-likeness (QED) is 0.644. The second-order valence-electron chi connectivity index (χ2n) is 4.85. The SMILES string of the molecule is CCn1nc(C(F)(F)F)c(C(=O)N2CC(N)C2)c1C(F)(F)Cl.Cl. The lowest BCUT2D eigenvalue weighted by atomic mass is 10.1. The summed E-state index contributed by atoms with van der Waals surface area (Å²) in [6, 6.07) is -0.389. The number of nitrogens with zero attached hydrogens (tertiary/aromatic N) is 3. The summed E-state index contributed by atoms with van der Waals surface area (Å²) in [6.07, 6.45) is -5.06. The molecule has 0 saturated carbocycles. The maximum absolute atomic E-state index is 13.5. The third-order valence-corrected chi connectivity index (χ3v) is 3.38. The van der Waals surface area contributed by atoms with Gasteiger partial charge in [0.05, 0.1) is 0 Å². The fourth-order valence-corrected chi connectivity index (χ4v) is 2.41. The van der Waals surface area contributed by atoms with Gasteiger partial charge in [-0.3, -0.25) is 9.48 Å².